The summed E-state index contributed by atoms with van der Waals surface area (Å²) in [5.74, 6) is 1.11. The van der Waals surface area contributed by atoms with Crippen molar-refractivity contribution in [3.8, 4) is 0 Å². The summed E-state index contributed by atoms with van der Waals surface area (Å²) < 4.78 is 3.84. The maximum Gasteiger partial charge on any atom is 0.329 e. The zero-order valence-electron chi connectivity index (χ0n) is 13.6. The third-order valence-electron chi connectivity index (χ3n) is 4.88. The fourth-order valence-electron chi connectivity index (χ4n) is 3.67. The third kappa shape index (κ3) is 3.72. The normalized spacial score (nSPS) is 17.1. The van der Waals surface area contributed by atoms with Crippen molar-refractivity contribution in [1.82, 2.24) is 9.13 Å². The highest BCUT2D eigenvalue weighted by Gasteiger charge is 2.17. The van der Waals surface area contributed by atoms with Crippen molar-refractivity contribution in [3.63, 3.8) is 0 Å². The first-order chi connectivity index (χ1) is 11.3. The molecule has 1 heterocycles. The van der Waals surface area contributed by atoms with Crippen LogP contribution in [-0.4, -0.2) is 15.0 Å². The summed E-state index contributed by atoms with van der Waals surface area (Å²) in [6, 6.07) is 8.12. The molecule has 1 fully saturated rings. The lowest BCUT2D eigenvalue weighted by atomic mass is 10.0. The molecule has 0 spiro atoms. The summed E-state index contributed by atoms with van der Waals surface area (Å²) >= 11 is 5.70. The van der Waals surface area contributed by atoms with Gasteiger partial charge in [-0.2, -0.15) is 0 Å². The smallest absolute Gasteiger partial charge is 0.292 e. The Kier molecular flexibility index (Phi) is 5.60. The molecule has 0 unspecified atom stereocenters. The Morgan fingerprint density at radius 3 is 2.30 bits per heavy atom. The zero-order chi connectivity index (χ0) is 16.1. The molecule has 23 heavy (non-hydrogen) atoms. The van der Waals surface area contributed by atoms with E-state index in [-0.39, 0.29) is 5.69 Å². The second-order valence-corrected chi connectivity index (χ2v) is 6.78. The van der Waals surface area contributed by atoms with Crippen LogP contribution in [0.3, 0.4) is 0 Å². The first-order valence-electron chi connectivity index (χ1n) is 8.70. The average molecular weight is 333 g/mol. The molecule has 0 aliphatic heterocycles. The second-order valence-electron chi connectivity index (χ2n) is 6.48. The fraction of sp³-hybridized carbons (Fsp3) is 0.526. The molecule has 0 bridgehead atoms. The van der Waals surface area contributed by atoms with Gasteiger partial charge in [0.25, 0.3) is 0 Å². The van der Waals surface area contributed by atoms with E-state index >= 15 is 0 Å². The number of allylic oxidation sites excluding steroid dienone is 2. The van der Waals surface area contributed by atoms with E-state index in [1.165, 1.54) is 38.5 Å². The quantitative estimate of drug-likeness (QED) is 0.447. The number of para-hydroxylation sites is 2. The van der Waals surface area contributed by atoms with Gasteiger partial charge in [-0.1, -0.05) is 50.0 Å². The summed E-state index contributed by atoms with van der Waals surface area (Å²) in [6.45, 7) is 1.44. The van der Waals surface area contributed by atoms with E-state index < -0.39 is 0 Å². The maximum atomic E-state index is 12.9. The van der Waals surface area contributed by atoms with Crippen LogP contribution >= 0.6 is 11.6 Å². The van der Waals surface area contributed by atoms with Crippen LogP contribution < -0.4 is 5.69 Å². The predicted octanol–water partition coefficient (Wildman–Crippen LogP) is 4.57. The van der Waals surface area contributed by atoms with Crippen molar-refractivity contribution >= 4 is 22.6 Å². The lowest BCUT2D eigenvalue weighted by Gasteiger charge is -2.14. The van der Waals surface area contributed by atoms with Crippen LogP contribution in [0.5, 0.6) is 0 Å². The maximum absolute atomic E-state index is 12.9. The van der Waals surface area contributed by atoms with E-state index in [9.17, 15) is 4.79 Å². The van der Waals surface area contributed by atoms with Crippen LogP contribution in [0.2, 0.25) is 0 Å². The highest BCUT2D eigenvalue weighted by molar-refractivity contribution is 6.18. The van der Waals surface area contributed by atoms with Crippen LogP contribution in [0.1, 0.15) is 38.5 Å². The van der Waals surface area contributed by atoms with Gasteiger partial charge in [-0.05, 0) is 30.9 Å². The predicted molar refractivity (Wildman–Crippen MR) is 97.3 cm³/mol. The molecule has 0 amide bonds. The van der Waals surface area contributed by atoms with Crippen molar-refractivity contribution in [3.05, 3.63) is 46.9 Å². The molecule has 2 aromatic rings. The Hall–Kier alpha value is -1.48. The Balaban J connectivity index is 1.94. The number of hydrogen-bond donors (Lipinski definition) is 0. The van der Waals surface area contributed by atoms with E-state index in [1.807, 2.05) is 39.5 Å². The molecule has 1 aromatic heterocycles. The van der Waals surface area contributed by atoms with E-state index in [0.717, 1.165) is 17.6 Å². The van der Waals surface area contributed by atoms with Gasteiger partial charge < -0.3 is 0 Å². The first-order valence-corrected chi connectivity index (χ1v) is 9.23. The Bertz CT molecular complexity index is 721. The molecule has 0 atom stereocenters. The number of fused-ring (bicyclic) bond motifs is 1. The Labute approximate surface area is 142 Å². The van der Waals surface area contributed by atoms with E-state index in [2.05, 4.69) is 6.07 Å². The van der Waals surface area contributed by atoms with Gasteiger partial charge in [0, 0.05) is 19.0 Å². The summed E-state index contributed by atoms with van der Waals surface area (Å²) in [5.41, 5.74) is 2.18. The molecule has 4 heteroatoms. The number of aromatic nitrogens is 2. The van der Waals surface area contributed by atoms with Crippen LogP contribution in [0, 0.1) is 5.92 Å². The lowest BCUT2D eigenvalue weighted by molar-refractivity contribution is 0.393. The summed E-state index contributed by atoms with van der Waals surface area (Å²) in [5, 5.41) is 0. The molecule has 3 nitrogen and oxygen atoms in total. The summed E-state index contributed by atoms with van der Waals surface area (Å²) in [6.07, 6.45) is 11.7. The summed E-state index contributed by atoms with van der Waals surface area (Å²) in [7, 11) is 0. The molecule has 0 radical (unpaired) electrons. The largest absolute Gasteiger partial charge is 0.329 e. The number of imidazole rings is 1. The standard InChI is InChI=1S/C19H25ClN2O/c20-13-7-8-14-21-17-11-5-6-12-18(17)22(19(21)23)15-16-9-3-1-2-4-10-16/h5-8,11-12,16H,1-4,9-10,13-15H2/b8-7+. The highest BCUT2D eigenvalue weighted by Crippen LogP contribution is 2.25. The average Bonchev–Trinajstić information content (AvgIpc) is 2.75. The van der Waals surface area contributed by atoms with Crippen LogP contribution in [-0.2, 0) is 13.1 Å². The molecule has 1 aliphatic rings. The molecule has 3 rings (SSSR count). The van der Waals surface area contributed by atoms with Crippen LogP contribution in [0.4, 0.5) is 0 Å². The third-order valence-corrected chi connectivity index (χ3v) is 5.06. The van der Waals surface area contributed by atoms with Crippen molar-refractivity contribution in [2.24, 2.45) is 5.92 Å². The van der Waals surface area contributed by atoms with E-state index in [0.29, 0.717) is 18.3 Å². The van der Waals surface area contributed by atoms with Crippen LogP contribution in [0.15, 0.2) is 41.2 Å². The summed E-state index contributed by atoms with van der Waals surface area (Å²) in [4.78, 5) is 12.9. The minimum Gasteiger partial charge on any atom is -0.292 e. The van der Waals surface area contributed by atoms with Crippen LogP contribution in [0.25, 0.3) is 11.0 Å². The molecule has 1 saturated carbocycles. The monoisotopic (exact) mass is 332 g/mol. The van der Waals surface area contributed by atoms with Gasteiger partial charge in [0.15, 0.2) is 0 Å². The van der Waals surface area contributed by atoms with Gasteiger partial charge in [0.05, 0.1) is 11.0 Å². The first kappa shape index (κ1) is 16.4. The molecular weight excluding hydrogens is 308 g/mol. The molecular formula is C19H25ClN2O. The van der Waals surface area contributed by atoms with Gasteiger partial charge in [-0.3, -0.25) is 9.13 Å². The zero-order valence-corrected chi connectivity index (χ0v) is 14.3. The minimum atomic E-state index is 0.106. The van der Waals surface area contributed by atoms with Crippen molar-refractivity contribution in [2.45, 2.75) is 51.6 Å². The molecule has 1 aromatic carbocycles. The van der Waals surface area contributed by atoms with Crippen molar-refractivity contribution < 1.29 is 0 Å². The number of hydrogen-bond acceptors (Lipinski definition) is 1. The van der Waals surface area contributed by atoms with Crippen molar-refractivity contribution in [2.75, 3.05) is 5.88 Å². The van der Waals surface area contributed by atoms with Gasteiger partial charge in [-0.15, -0.1) is 11.6 Å². The fourth-order valence-corrected chi connectivity index (χ4v) is 3.80. The number of nitrogens with zero attached hydrogens (tertiary/aromatic N) is 2. The molecule has 0 saturated heterocycles. The minimum absolute atomic E-state index is 0.106. The molecule has 1 aliphatic carbocycles. The topological polar surface area (TPSA) is 26.9 Å². The Morgan fingerprint density at radius 2 is 1.65 bits per heavy atom. The number of rotatable bonds is 5. The molecule has 0 N–H and O–H groups in total. The second kappa shape index (κ2) is 7.87. The number of benzene rings is 1. The Morgan fingerprint density at radius 1 is 1.00 bits per heavy atom. The number of alkyl halides is 1. The van der Waals surface area contributed by atoms with Crippen molar-refractivity contribution in [1.29, 1.82) is 0 Å². The van der Waals surface area contributed by atoms with Gasteiger partial charge >= 0.3 is 5.69 Å². The highest BCUT2D eigenvalue weighted by atomic mass is 35.5. The van der Waals surface area contributed by atoms with Gasteiger partial charge in [0.1, 0.15) is 0 Å². The van der Waals surface area contributed by atoms with E-state index in [1.54, 1.807) is 0 Å². The SMILES string of the molecule is O=c1n(C/C=C/CCl)c2ccccc2n1CC1CCCCCC1. The lowest BCUT2D eigenvalue weighted by Crippen LogP contribution is -2.26. The van der Waals surface area contributed by atoms with Gasteiger partial charge in [-0.25, -0.2) is 4.79 Å². The van der Waals surface area contributed by atoms with Gasteiger partial charge in [0.2, 0.25) is 0 Å². The molecule has 124 valence electrons. The van der Waals surface area contributed by atoms with E-state index in [4.69, 9.17) is 11.6 Å². The number of halogens is 1.